The van der Waals surface area contributed by atoms with E-state index in [9.17, 15) is 0 Å². The second-order valence-corrected chi connectivity index (χ2v) is 16.3. The third-order valence-electron chi connectivity index (χ3n) is 4.14. The Bertz CT molecular complexity index is 655. The van der Waals surface area contributed by atoms with Gasteiger partial charge in [0, 0.05) is 0 Å². The Labute approximate surface area is 147 Å². The topological polar surface area (TPSA) is 0 Å². The molecule has 0 saturated carbocycles. The molecule has 0 radical (unpaired) electrons. The third-order valence-corrected chi connectivity index (χ3v) is 17.1. The number of benzene rings is 3. The molecule has 0 spiro atoms. The molecule has 0 amide bonds. The van der Waals surface area contributed by atoms with Crippen LogP contribution in [0.25, 0.3) is 0 Å². The summed E-state index contributed by atoms with van der Waals surface area (Å²) >= 11 is 2.85. The van der Waals surface area contributed by atoms with Crippen LogP contribution in [-0.2, 0) is 0 Å². The van der Waals surface area contributed by atoms with Crippen molar-refractivity contribution in [1.29, 1.82) is 0 Å². The van der Waals surface area contributed by atoms with E-state index in [1.54, 1.807) is 0 Å². The van der Waals surface area contributed by atoms with Gasteiger partial charge in [0.05, 0.1) is 0 Å². The number of hydrogen-bond acceptors (Lipinski definition) is 0. The molecule has 0 aliphatic rings. The van der Waals surface area contributed by atoms with E-state index in [1.807, 2.05) is 0 Å². The Hall–Kier alpha value is -1.51. The summed E-state index contributed by atoms with van der Waals surface area (Å²) in [5, 5.41) is 0. The van der Waals surface area contributed by atoms with Crippen molar-refractivity contribution in [3.05, 3.63) is 101 Å². The average Bonchev–Trinajstić information content (AvgIpc) is 2.65. The first-order chi connectivity index (χ1) is 11.4. The van der Waals surface area contributed by atoms with E-state index in [0.29, 0.717) is 5.88 Å². The fraction of sp³-hybridized carbons (Fsp3) is 0.0476. The normalized spacial score (nSPS) is 11.7. The average molecular weight is 426 g/mol. The second kappa shape index (κ2) is 7.85. The van der Waals surface area contributed by atoms with Gasteiger partial charge in [0.25, 0.3) is 0 Å². The first kappa shape index (κ1) is 16.4. The number of rotatable bonds is 5. The van der Waals surface area contributed by atoms with Crippen LogP contribution in [0.4, 0.5) is 0 Å². The van der Waals surface area contributed by atoms with Crippen LogP contribution in [-0.4, -0.2) is 24.3 Å². The van der Waals surface area contributed by atoms with Crippen LogP contribution in [0, 0.1) is 0 Å². The molecule has 3 aromatic rings. The standard InChI is InChI=1S/3C6H5.C3H4Cl.Sn/c3*1-2-4-6-5-3-1;1-2-3-4;/h3*1-5H;1-2H,3H2;. The summed E-state index contributed by atoms with van der Waals surface area (Å²) in [7, 11) is 0. The van der Waals surface area contributed by atoms with Gasteiger partial charge in [-0.1, -0.05) is 0 Å². The van der Waals surface area contributed by atoms with Crippen LogP contribution in [0.5, 0.6) is 0 Å². The van der Waals surface area contributed by atoms with E-state index in [4.69, 9.17) is 11.6 Å². The maximum atomic E-state index is 6.02. The van der Waals surface area contributed by atoms with Crippen LogP contribution in [0.1, 0.15) is 0 Å². The predicted molar refractivity (Wildman–Crippen MR) is 104 cm³/mol. The Morgan fingerprint density at radius 1 is 0.609 bits per heavy atom. The van der Waals surface area contributed by atoms with Gasteiger partial charge in [0.1, 0.15) is 0 Å². The van der Waals surface area contributed by atoms with Gasteiger partial charge in [-0.05, 0) is 0 Å². The summed E-state index contributed by atoms with van der Waals surface area (Å²) in [6, 6.07) is 32.7. The van der Waals surface area contributed by atoms with E-state index in [-0.39, 0.29) is 0 Å². The van der Waals surface area contributed by atoms with E-state index in [1.165, 1.54) is 10.7 Å². The van der Waals surface area contributed by atoms with Crippen molar-refractivity contribution >= 4 is 40.7 Å². The summed E-state index contributed by atoms with van der Waals surface area (Å²) in [6.45, 7) is 0. The van der Waals surface area contributed by atoms with Gasteiger partial charge in [0.15, 0.2) is 0 Å². The van der Waals surface area contributed by atoms with E-state index in [2.05, 4.69) is 101 Å². The first-order valence-electron chi connectivity index (χ1n) is 7.78. The molecule has 0 bridgehead atoms. The van der Waals surface area contributed by atoms with Crippen molar-refractivity contribution in [2.45, 2.75) is 0 Å². The first-order valence-corrected chi connectivity index (χ1v) is 14.2. The van der Waals surface area contributed by atoms with Gasteiger partial charge in [-0.3, -0.25) is 0 Å². The Kier molecular flexibility index (Phi) is 5.58. The molecule has 0 aliphatic carbocycles. The molecule has 2 heteroatoms. The predicted octanol–water partition coefficient (Wildman–Crippen LogP) is 3.49. The van der Waals surface area contributed by atoms with Gasteiger partial charge < -0.3 is 0 Å². The molecule has 0 fully saturated rings. The minimum absolute atomic E-state index is 0.547. The van der Waals surface area contributed by atoms with Crippen LogP contribution in [0.2, 0.25) is 0 Å². The van der Waals surface area contributed by atoms with Crippen molar-refractivity contribution in [3.8, 4) is 0 Å². The summed E-state index contributed by atoms with van der Waals surface area (Å²) in [5.41, 5.74) is 0. The summed E-state index contributed by atoms with van der Waals surface area (Å²) < 4.78 is 6.77. The van der Waals surface area contributed by atoms with Gasteiger partial charge in [0.2, 0.25) is 0 Å². The minimum atomic E-state index is -3.17. The number of hydrogen-bond donors (Lipinski definition) is 0. The van der Waals surface area contributed by atoms with E-state index in [0.717, 1.165) is 0 Å². The second-order valence-electron chi connectivity index (χ2n) is 5.46. The fourth-order valence-corrected chi connectivity index (χ4v) is 15.6. The molecule has 23 heavy (non-hydrogen) atoms. The van der Waals surface area contributed by atoms with Crippen LogP contribution >= 0.6 is 11.6 Å². The van der Waals surface area contributed by atoms with Crippen LogP contribution < -0.4 is 10.7 Å². The summed E-state index contributed by atoms with van der Waals surface area (Å²) in [4.78, 5) is 0. The Balaban J connectivity index is 2.33. The Morgan fingerprint density at radius 2 is 0.957 bits per heavy atom. The zero-order valence-corrected chi connectivity index (χ0v) is 16.5. The molecule has 3 aromatic carbocycles. The SMILES string of the molecule is ClCC=[CH][Sn]([c]1ccccc1)([c]1ccccc1)[c]1ccccc1. The molecule has 0 aromatic heterocycles. The maximum absolute atomic E-state index is 6.02. The molecular formula is C21H19ClSn. The molecule has 0 nitrogen and oxygen atoms in total. The van der Waals surface area contributed by atoms with Crippen molar-refractivity contribution < 1.29 is 0 Å². The van der Waals surface area contributed by atoms with Crippen LogP contribution in [0.15, 0.2) is 101 Å². The molecule has 114 valence electrons. The zero-order chi connectivity index (χ0) is 16.0. The summed E-state index contributed by atoms with van der Waals surface area (Å²) in [6.07, 6.45) is 2.13. The zero-order valence-electron chi connectivity index (χ0n) is 12.9. The molecule has 0 heterocycles. The number of alkyl halides is 1. The molecule has 0 N–H and O–H groups in total. The molecule has 0 unspecified atom stereocenters. The van der Waals surface area contributed by atoms with Gasteiger partial charge in [-0.25, -0.2) is 0 Å². The summed E-state index contributed by atoms with van der Waals surface area (Å²) in [5.74, 6) is 0.547. The van der Waals surface area contributed by atoms with Gasteiger partial charge in [-0.2, -0.15) is 0 Å². The third kappa shape index (κ3) is 3.38. The van der Waals surface area contributed by atoms with E-state index >= 15 is 0 Å². The Morgan fingerprint density at radius 3 is 1.26 bits per heavy atom. The van der Waals surface area contributed by atoms with Gasteiger partial charge >= 0.3 is 148 Å². The van der Waals surface area contributed by atoms with Crippen molar-refractivity contribution in [1.82, 2.24) is 0 Å². The molecule has 0 atom stereocenters. The van der Waals surface area contributed by atoms with Crippen molar-refractivity contribution in [3.63, 3.8) is 0 Å². The molecule has 0 saturated heterocycles. The van der Waals surface area contributed by atoms with Crippen molar-refractivity contribution in [2.75, 3.05) is 5.88 Å². The molecule has 3 rings (SSSR count). The fourth-order valence-electron chi connectivity index (χ4n) is 3.11. The number of allylic oxidation sites excluding steroid dienone is 1. The molecule has 0 aliphatic heterocycles. The molecular weight excluding hydrogens is 406 g/mol. The van der Waals surface area contributed by atoms with Gasteiger partial charge in [-0.15, -0.1) is 0 Å². The van der Waals surface area contributed by atoms with Crippen molar-refractivity contribution in [2.24, 2.45) is 0 Å². The van der Waals surface area contributed by atoms with Crippen LogP contribution in [0.3, 0.4) is 0 Å². The monoisotopic (exact) mass is 426 g/mol. The number of halogens is 1. The quantitative estimate of drug-likeness (QED) is 0.434. The van der Waals surface area contributed by atoms with E-state index < -0.39 is 18.4 Å².